The standard InChI is InChI=1S/C36H63O9P/c1-4-5-19-25-33-34(45-33)26-21-16-12-8-6-7-9-13-18-23-28-36(38)44-32(30-43-46(39,40)41)29-42-35(37)27-22-17-14-10-11-15-20-24-31(2)3/h6,8-9,13,16,21,31-34H,4-5,7,10-12,14-15,17-20,22-30H2,1-3H3,(H2,39,40,41)/b8-6-,13-9-,21-16-/t32-,33?,34?/m1/s1. The van der Waals surface area contributed by atoms with Crippen molar-refractivity contribution in [2.75, 3.05) is 13.2 Å². The Bertz CT molecular complexity index is 924. The number of esters is 2. The van der Waals surface area contributed by atoms with Crippen LogP contribution in [0.2, 0.25) is 0 Å². The predicted octanol–water partition coefficient (Wildman–Crippen LogP) is 9.07. The van der Waals surface area contributed by atoms with E-state index in [9.17, 15) is 14.2 Å². The van der Waals surface area contributed by atoms with Crippen molar-refractivity contribution in [3.8, 4) is 0 Å². The van der Waals surface area contributed by atoms with E-state index in [1.165, 1.54) is 51.4 Å². The number of hydrogen-bond acceptors (Lipinski definition) is 7. The maximum Gasteiger partial charge on any atom is 0.469 e. The normalized spacial score (nSPS) is 17.4. The van der Waals surface area contributed by atoms with Crippen LogP contribution in [0.4, 0.5) is 0 Å². The van der Waals surface area contributed by atoms with Crippen LogP contribution in [0.1, 0.15) is 143 Å². The number of carbonyl (C=O) groups is 2. The van der Waals surface area contributed by atoms with E-state index in [0.29, 0.717) is 31.5 Å². The summed E-state index contributed by atoms with van der Waals surface area (Å²) in [5.74, 6) is -0.209. The van der Waals surface area contributed by atoms with Crippen LogP contribution in [0, 0.1) is 5.92 Å². The Hall–Kier alpha value is -1.77. The van der Waals surface area contributed by atoms with Crippen LogP contribution in [-0.2, 0) is 32.9 Å². The third-order valence-electron chi connectivity index (χ3n) is 7.76. The summed E-state index contributed by atoms with van der Waals surface area (Å²) < 4.78 is 31.9. The van der Waals surface area contributed by atoms with Crippen molar-refractivity contribution in [3.05, 3.63) is 36.5 Å². The van der Waals surface area contributed by atoms with Crippen LogP contribution >= 0.6 is 7.82 Å². The van der Waals surface area contributed by atoms with Crippen molar-refractivity contribution in [2.24, 2.45) is 5.92 Å². The molecule has 1 aliphatic heterocycles. The molecule has 1 fully saturated rings. The van der Waals surface area contributed by atoms with Crippen LogP contribution in [0.15, 0.2) is 36.5 Å². The molecule has 0 aliphatic carbocycles. The molecular weight excluding hydrogens is 607 g/mol. The van der Waals surface area contributed by atoms with Crippen LogP contribution in [0.3, 0.4) is 0 Å². The van der Waals surface area contributed by atoms with Gasteiger partial charge in [-0.3, -0.25) is 14.1 Å². The molecule has 1 rings (SSSR count). The largest absolute Gasteiger partial charge is 0.469 e. The van der Waals surface area contributed by atoms with E-state index in [1.54, 1.807) is 0 Å². The second-order valence-corrected chi connectivity index (χ2v) is 14.0. The van der Waals surface area contributed by atoms with Gasteiger partial charge in [-0.05, 0) is 50.9 Å². The summed E-state index contributed by atoms with van der Waals surface area (Å²) in [7, 11) is -4.76. The molecule has 3 atom stereocenters. The van der Waals surface area contributed by atoms with E-state index >= 15 is 0 Å². The van der Waals surface area contributed by atoms with Gasteiger partial charge in [0.15, 0.2) is 6.10 Å². The van der Waals surface area contributed by atoms with Gasteiger partial charge in [0.2, 0.25) is 0 Å². The van der Waals surface area contributed by atoms with Crippen molar-refractivity contribution in [1.29, 1.82) is 0 Å². The van der Waals surface area contributed by atoms with Gasteiger partial charge < -0.3 is 24.0 Å². The van der Waals surface area contributed by atoms with Gasteiger partial charge in [0, 0.05) is 12.8 Å². The minimum atomic E-state index is -4.76. The molecule has 266 valence electrons. The summed E-state index contributed by atoms with van der Waals surface area (Å²) in [6, 6.07) is 0. The fourth-order valence-corrected chi connectivity index (χ4v) is 5.36. The lowest BCUT2D eigenvalue weighted by atomic mass is 10.0. The van der Waals surface area contributed by atoms with Gasteiger partial charge >= 0.3 is 19.8 Å². The number of phosphoric acid groups is 1. The van der Waals surface area contributed by atoms with E-state index in [1.807, 2.05) is 6.08 Å². The molecule has 2 unspecified atom stereocenters. The Morgan fingerprint density at radius 1 is 0.761 bits per heavy atom. The molecule has 0 aromatic carbocycles. The first-order valence-corrected chi connectivity index (χ1v) is 19.3. The highest BCUT2D eigenvalue weighted by Crippen LogP contribution is 2.36. The van der Waals surface area contributed by atoms with Crippen LogP contribution in [0.5, 0.6) is 0 Å². The smallest absolute Gasteiger partial charge is 0.462 e. The first-order valence-electron chi connectivity index (χ1n) is 17.8. The number of carbonyl (C=O) groups excluding carboxylic acids is 2. The summed E-state index contributed by atoms with van der Waals surface area (Å²) in [5.41, 5.74) is 0. The molecule has 1 aliphatic rings. The van der Waals surface area contributed by atoms with Crippen molar-refractivity contribution in [2.45, 2.75) is 161 Å². The Kier molecular flexibility index (Phi) is 25.0. The molecule has 0 saturated carbocycles. The number of phosphoric ester groups is 1. The zero-order valence-electron chi connectivity index (χ0n) is 28.8. The highest BCUT2D eigenvalue weighted by molar-refractivity contribution is 7.46. The fourth-order valence-electron chi connectivity index (χ4n) is 5.00. The van der Waals surface area contributed by atoms with Crippen molar-refractivity contribution in [1.82, 2.24) is 0 Å². The quantitative estimate of drug-likeness (QED) is 0.0252. The number of hydrogen-bond donors (Lipinski definition) is 2. The molecule has 0 aromatic rings. The average Bonchev–Trinajstić information content (AvgIpc) is 3.75. The Balaban J connectivity index is 2.16. The monoisotopic (exact) mass is 670 g/mol. The molecule has 0 radical (unpaired) electrons. The van der Waals surface area contributed by atoms with Gasteiger partial charge in [-0.1, -0.05) is 121 Å². The number of ether oxygens (including phenoxy) is 3. The van der Waals surface area contributed by atoms with Crippen LogP contribution < -0.4 is 0 Å². The van der Waals surface area contributed by atoms with Gasteiger partial charge in [-0.25, -0.2) is 4.57 Å². The summed E-state index contributed by atoms with van der Waals surface area (Å²) >= 11 is 0. The van der Waals surface area contributed by atoms with Crippen molar-refractivity contribution in [3.63, 3.8) is 0 Å². The lowest BCUT2D eigenvalue weighted by Crippen LogP contribution is -2.29. The third kappa shape index (κ3) is 27.4. The summed E-state index contributed by atoms with van der Waals surface area (Å²) in [4.78, 5) is 42.5. The number of rotatable bonds is 30. The van der Waals surface area contributed by atoms with E-state index in [2.05, 4.69) is 55.7 Å². The van der Waals surface area contributed by atoms with Crippen LogP contribution in [0.25, 0.3) is 0 Å². The van der Waals surface area contributed by atoms with Crippen LogP contribution in [-0.4, -0.2) is 53.3 Å². The molecule has 1 heterocycles. The lowest BCUT2D eigenvalue weighted by molar-refractivity contribution is -0.161. The molecule has 0 bridgehead atoms. The number of allylic oxidation sites excluding steroid dienone is 5. The van der Waals surface area contributed by atoms with Gasteiger partial charge in [0.25, 0.3) is 0 Å². The van der Waals surface area contributed by atoms with E-state index in [-0.39, 0.29) is 19.4 Å². The Morgan fingerprint density at radius 3 is 2.07 bits per heavy atom. The van der Waals surface area contributed by atoms with Crippen molar-refractivity contribution >= 4 is 19.8 Å². The van der Waals surface area contributed by atoms with E-state index < -0.39 is 32.5 Å². The Labute approximate surface area is 278 Å². The zero-order chi connectivity index (χ0) is 33.9. The van der Waals surface area contributed by atoms with Gasteiger partial charge in [-0.15, -0.1) is 0 Å². The van der Waals surface area contributed by atoms with Crippen molar-refractivity contribution < 1.29 is 42.7 Å². The molecule has 0 spiro atoms. The molecule has 0 aromatic heterocycles. The highest BCUT2D eigenvalue weighted by Gasteiger charge is 2.36. The van der Waals surface area contributed by atoms with E-state index in [0.717, 1.165) is 44.4 Å². The second kappa shape index (κ2) is 27.2. The van der Waals surface area contributed by atoms with Gasteiger partial charge in [-0.2, -0.15) is 0 Å². The van der Waals surface area contributed by atoms with Gasteiger partial charge in [0.05, 0.1) is 18.8 Å². The second-order valence-electron chi connectivity index (χ2n) is 12.7. The topological polar surface area (TPSA) is 132 Å². The minimum absolute atomic E-state index is 0.132. The van der Waals surface area contributed by atoms with Gasteiger partial charge in [0.1, 0.15) is 6.61 Å². The molecule has 46 heavy (non-hydrogen) atoms. The molecule has 2 N–H and O–H groups in total. The molecule has 10 heteroatoms. The molecular formula is C36H63O9P. The SMILES string of the molecule is CCCCCC1OC1C/C=C\C/C=C\C/C=C\CCCC(=O)O[C@H](COC(=O)CCCCCCCCCC(C)C)COP(=O)(O)O. The summed E-state index contributed by atoms with van der Waals surface area (Å²) in [6.45, 7) is 5.83. The maximum absolute atomic E-state index is 12.3. The third-order valence-corrected chi connectivity index (χ3v) is 8.25. The molecule has 1 saturated heterocycles. The first-order chi connectivity index (χ1) is 22.1. The Morgan fingerprint density at radius 2 is 1.39 bits per heavy atom. The number of unbranched alkanes of at least 4 members (excludes halogenated alkanes) is 9. The lowest BCUT2D eigenvalue weighted by Gasteiger charge is -2.18. The van der Waals surface area contributed by atoms with E-state index in [4.69, 9.17) is 24.0 Å². The zero-order valence-corrected chi connectivity index (χ0v) is 29.7. The highest BCUT2D eigenvalue weighted by atomic mass is 31.2. The number of epoxide rings is 1. The predicted molar refractivity (Wildman–Crippen MR) is 183 cm³/mol. The average molecular weight is 671 g/mol. The summed E-state index contributed by atoms with van der Waals surface area (Å²) in [5, 5.41) is 0. The molecule has 9 nitrogen and oxygen atoms in total. The maximum atomic E-state index is 12.3. The summed E-state index contributed by atoms with van der Waals surface area (Å²) in [6.07, 6.45) is 30.7. The fraction of sp³-hybridized carbons (Fsp3) is 0.778. The first kappa shape index (κ1) is 42.3. The minimum Gasteiger partial charge on any atom is -0.462 e. The molecule has 0 amide bonds.